The van der Waals surface area contributed by atoms with Gasteiger partial charge in [0.2, 0.25) is 0 Å². The van der Waals surface area contributed by atoms with Crippen molar-refractivity contribution in [2.75, 3.05) is 14.2 Å². The molecule has 2 heteroatoms. The van der Waals surface area contributed by atoms with Crippen LogP contribution in [0.2, 0.25) is 0 Å². The van der Waals surface area contributed by atoms with E-state index in [9.17, 15) is 0 Å². The molecule has 0 aromatic heterocycles. The molecule has 0 amide bonds. The number of hydrogen-bond acceptors (Lipinski definition) is 2. The Morgan fingerprint density at radius 3 is 2.33 bits per heavy atom. The van der Waals surface area contributed by atoms with Gasteiger partial charge in [-0.2, -0.15) is 0 Å². The van der Waals surface area contributed by atoms with Crippen molar-refractivity contribution in [3.63, 3.8) is 0 Å². The van der Waals surface area contributed by atoms with E-state index in [0.29, 0.717) is 5.92 Å². The van der Waals surface area contributed by atoms with E-state index >= 15 is 0 Å². The fourth-order valence-corrected chi connectivity index (χ4v) is 5.25. The predicted octanol–water partition coefficient (Wildman–Crippen LogP) is 6.29. The zero-order valence-electron chi connectivity index (χ0n) is 18.0. The van der Waals surface area contributed by atoms with Crippen LogP contribution in [0, 0.1) is 6.92 Å². The molecule has 0 saturated heterocycles. The Bertz CT molecular complexity index is 1120. The Labute approximate surface area is 179 Å². The first kappa shape index (κ1) is 19.0. The molecule has 0 radical (unpaired) electrons. The summed E-state index contributed by atoms with van der Waals surface area (Å²) in [6.07, 6.45) is 4.27. The molecule has 0 aliphatic heterocycles. The van der Waals surface area contributed by atoms with Crippen molar-refractivity contribution in [2.45, 2.75) is 38.5 Å². The Hall–Kier alpha value is -3.00. The highest BCUT2D eigenvalue weighted by Crippen LogP contribution is 2.46. The summed E-state index contributed by atoms with van der Waals surface area (Å²) in [5, 5.41) is 0. The van der Waals surface area contributed by atoms with Crippen LogP contribution >= 0.6 is 0 Å². The fourth-order valence-electron chi connectivity index (χ4n) is 5.25. The second-order valence-corrected chi connectivity index (χ2v) is 8.45. The van der Waals surface area contributed by atoms with Gasteiger partial charge in [0, 0.05) is 5.92 Å². The summed E-state index contributed by atoms with van der Waals surface area (Å²) in [6.45, 7) is 2.25. The lowest BCUT2D eigenvalue weighted by molar-refractivity contribution is 0.414. The lowest BCUT2D eigenvalue weighted by Gasteiger charge is -2.31. The van der Waals surface area contributed by atoms with E-state index < -0.39 is 0 Å². The van der Waals surface area contributed by atoms with E-state index in [0.717, 1.165) is 37.2 Å². The molecule has 0 N–H and O–H groups in total. The number of benzene rings is 3. The Morgan fingerprint density at radius 1 is 0.800 bits per heavy atom. The van der Waals surface area contributed by atoms with Crippen LogP contribution in [0.25, 0.3) is 5.57 Å². The second kappa shape index (κ2) is 7.68. The highest BCUT2D eigenvalue weighted by Gasteiger charge is 2.31. The van der Waals surface area contributed by atoms with Gasteiger partial charge in [-0.1, -0.05) is 42.0 Å². The molecule has 0 heterocycles. The van der Waals surface area contributed by atoms with Gasteiger partial charge in [-0.15, -0.1) is 0 Å². The third-order valence-corrected chi connectivity index (χ3v) is 6.92. The van der Waals surface area contributed by atoms with Crippen molar-refractivity contribution in [2.24, 2.45) is 0 Å². The van der Waals surface area contributed by atoms with Crippen LogP contribution in [0.4, 0.5) is 0 Å². The summed E-state index contributed by atoms with van der Waals surface area (Å²) in [5.74, 6) is 2.27. The lowest BCUT2D eigenvalue weighted by Crippen LogP contribution is -2.16. The summed E-state index contributed by atoms with van der Waals surface area (Å²) in [4.78, 5) is 0. The van der Waals surface area contributed by atoms with Crippen LogP contribution in [-0.2, 0) is 19.3 Å². The standard InChI is InChI=1S/C28H28O2/c1-18-5-4-6-19-10-14-24-26(20-7-11-22(29-2)12-8-20)15-21-9-13-23(30-3)16-27(21)28(24)17-25(18)19/h4-9,11-13,16,26H,10,14-15,17H2,1-3H3. The van der Waals surface area contributed by atoms with E-state index in [2.05, 4.69) is 67.6 Å². The third kappa shape index (κ3) is 3.21. The van der Waals surface area contributed by atoms with Crippen LogP contribution in [0.15, 0.2) is 66.2 Å². The number of allylic oxidation sites excluding steroid dienone is 2. The molecule has 0 spiro atoms. The van der Waals surface area contributed by atoms with E-state index in [1.807, 2.05) is 0 Å². The second-order valence-electron chi connectivity index (χ2n) is 8.45. The Morgan fingerprint density at radius 2 is 1.57 bits per heavy atom. The van der Waals surface area contributed by atoms with Crippen LogP contribution in [0.1, 0.15) is 45.7 Å². The summed E-state index contributed by atoms with van der Waals surface area (Å²) in [5.41, 5.74) is 11.7. The van der Waals surface area contributed by atoms with Crippen LogP contribution in [-0.4, -0.2) is 14.2 Å². The molecular formula is C28H28O2. The molecule has 1 atom stereocenters. The van der Waals surface area contributed by atoms with Gasteiger partial charge in [-0.3, -0.25) is 0 Å². The van der Waals surface area contributed by atoms with Gasteiger partial charge in [0.05, 0.1) is 14.2 Å². The van der Waals surface area contributed by atoms with E-state index in [-0.39, 0.29) is 0 Å². The third-order valence-electron chi connectivity index (χ3n) is 6.92. The first-order valence-corrected chi connectivity index (χ1v) is 10.8. The maximum absolute atomic E-state index is 5.58. The molecule has 3 aromatic carbocycles. The monoisotopic (exact) mass is 396 g/mol. The van der Waals surface area contributed by atoms with Crippen molar-refractivity contribution in [1.82, 2.24) is 0 Å². The molecular weight excluding hydrogens is 368 g/mol. The van der Waals surface area contributed by atoms with Gasteiger partial charge in [-0.25, -0.2) is 0 Å². The minimum absolute atomic E-state index is 0.418. The summed E-state index contributed by atoms with van der Waals surface area (Å²) >= 11 is 0. The molecule has 2 aliphatic rings. The fraction of sp³-hybridized carbons (Fsp3) is 0.286. The molecule has 152 valence electrons. The average molecular weight is 397 g/mol. The van der Waals surface area contributed by atoms with Crippen molar-refractivity contribution >= 4 is 5.57 Å². The number of rotatable bonds is 3. The first-order chi connectivity index (χ1) is 14.7. The maximum atomic E-state index is 5.58. The number of fused-ring (bicyclic) bond motifs is 3. The molecule has 0 bridgehead atoms. The molecule has 1 unspecified atom stereocenters. The smallest absolute Gasteiger partial charge is 0.119 e. The quantitative estimate of drug-likeness (QED) is 0.518. The lowest BCUT2D eigenvalue weighted by atomic mass is 9.73. The number of aryl methyl sites for hydroxylation is 2. The predicted molar refractivity (Wildman–Crippen MR) is 123 cm³/mol. The van der Waals surface area contributed by atoms with Crippen molar-refractivity contribution < 1.29 is 9.47 Å². The Kier molecular flexibility index (Phi) is 4.86. The van der Waals surface area contributed by atoms with Crippen LogP contribution < -0.4 is 9.47 Å². The van der Waals surface area contributed by atoms with Gasteiger partial charge in [0.25, 0.3) is 0 Å². The average Bonchev–Trinajstić information content (AvgIpc) is 2.99. The number of hydrogen-bond donors (Lipinski definition) is 0. The minimum Gasteiger partial charge on any atom is -0.497 e. The molecule has 5 rings (SSSR count). The van der Waals surface area contributed by atoms with Gasteiger partial charge in [-0.05, 0) is 95.8 Å². The molecule has 0 fully saturated rings. The van der Waals surface area contributed by atoms with Gasteiger partial charge >= 0.3 is 0 Å². The molecule has 3 aromatic rings. The SMILES string of the molecule is COc1ccc(C2Cc3ccc(OC)cc3C3=C2CCc2cccc(C)c2C3)cc1. The summed E-state index contributed by atoms with van der Waals surface area (Å²) in [6, 6.07) is 22.1. The van der Waals surface area contributed by atoms with Crippen molar-refractivity contribution in [1.29, 1.82) is 0 Å². The Balaban J connectivity index is 1.67. The highest BCUT2D eigenvalue weighted by atomic mass is 16.5. The zero-order valence-corrected chi connectivity index (χ0v) is 18.0. The van der Waals surface area contributed by atoms with Gasteiger partial charge < -0.3 is 9.47 Å². The molecule has 0 saturated carbocycles. The first-order valence-electron chi connectivity index (χ1n) is 10.8. The molecule has 30 heavy (non-hydrogen) atoms. The summed E-state index contributed by atoms with van der Waals surface area (Å²) in [7, 11) is 3.48. The van der Waals surface area contributed by atoms with E-state index in [4.69, 9.17) is 9.47 Å². The number of methoxy groups -OCH3 is 2. The highest BCUT2D eigenvalue weighted by molar-refractivity contribution is 5.78. The zero-order chi connectivity index (χ0) is 20.7. The normalized spacial score (nSPS) is 17.5. The molecule has 2 nitrogen and oxygen atoms in total. The topological polar surface area (TPSA) is 18.5 Å². The van der Waals surface area contributed by atoms with Crippen LogP contribution in [0.5, 0.6) is 11.5 Å². The van der Waals surface area contributed by atoms with E-state index in [1.165, 1.54) is 39.0 Å². The van der Waals surface area contributed by atoms with E-state index in [1.54, 1.807) is 19.8 Å². The van der Waals surface area contributed by atoms with Gasteiger partial charge in [0.1, 0.15) is 11.5 Å². The van der Waals surface area contributed by atoms with Crippen molar-refractivity contribution in [3.8, 4) is 11.5 Å². The maximum Gasteiger partial charge on any atom is 0.119 e. The van der Waals surface area contributed by atoms with Crippen LogP contribution in [0.3, 0.4) is 0 Å². The van der Waals surface area contributed by atoms with Crippen molar-refractivity contribution in [3.05, 3.63) is 99.6 Å². The largest absolute Gasteiger partial charge is 0.497 e. The molecule has 2 aliphatic carbocycles. The number of ether oxygens (including phenoxy) is 2. The van der Waals surface area contributed by atoms with Gasteiger partial charge in [0.15, 0.2) is 0 Å². The summed E-state index contributed by atoms with van der Waals surface area (Å²) < 4.78 is 11.0. The minimum atomic E-state index is 0.418.